The minimum atomic E-state index is -0.974. The molecule has 0 saturated heterocycles. The third-order valence-electron chi connectivity index (χ3n) is 2.99. The van der Waals surface area contributed by atoms with Gasteiger partial charge in [-0.15, -0.1) is 0 Å². The first kappa shape index (κ1) is 14.5. The van der Waals surface area contributed by atoms with E-state index < -0.39 is 17.7 Å². The molecule has 2 aromatic carbocycles. The van der Waals surface area contributed by atoms with Crippen LogP contribution in [-0.2, 0) is 4.79 Å². The number of carboxylic acids is 1. The van der Waals surface area contributed by atoms with Gasteiger partial charge in [0.25, 0.3) is 0 Å². The van der Waals surface area contributed by atoms with Gasteiger partial charge in [-0.1, -0.05) is 22.0 Å². The molecule has 0 bridgehead atoms. The lowest BCUT2D eigenvalue weighted by atomic mass is 10.0. The zero-order valence-corrected chi connectivity index (χ0v) is 12.3. The van der Waals surface area contributed by atoms with Crippen molar-refractivity contribution >= 4 is 33.3 Å². The highest BCUT2D eigenvalue weighted by atomic mass is 79.9. The maximum atomic E-state index is 14.0. The first-order valence-electron chi connectivity index (χ1n) is 6.02. The zero-order chi connectivity index (χ0) is 14.7. The summed E-state index contributed by atoms with van der Waals surface area (Å²) in [5, 5.41) is 11.9. The normalized spacial score (nSPS) is 11.9. The van der Waals surface area contributed by atoms with Crippen LogP contribution in [0.2, 0.25) is 0 Å². The molecular weight excluding hydrogens is 325 g/mol. The topological polar surface area (TPSA) is 49.3 Å². The number of hydrogen-bond donors (Lipinski definition) is 2. The van der Waals surface area contributed by atoms with Crippen molar-refractivity contribution in [2.45, 2.75) is 12.8 Å². The highest BCUT2D eigenvalue weighted by Gasteiger charge is 2.15. The average molecular weight is 338 g/mol. The van der Waals surface area contributed by atoms with E-state index in [9.17, 15) is 9.18 Å². The van der Waals surface area contributed by atoms with E-state index in [1.165, 1.54) is 13.0 Å². The van der Waals surface area contributed by atoms with Crippen LogP contribution in [0.4, 0.5) is 15.8 Å². The molecule has 2 aromatic rings. The predicted octanol–water partition coefficient (Wildman–Crippen LogP) is 4.52. The van der Waals surface area contributed by atoms with E-state index in [-0.39, 0.29) is 0 Å². The largest absolute Gasteiger partial charge is 0.481 e. The highest BCUT2D eigenvalue weighted by molar-refractivity contribution is 9.10. The Hall–Kier alpha value is -1.88. The summed E-state index contributed by atoms with van der Waals surface area (Å²) in [7, 11) is 0. The maximum Gasteiger partial charge on any atom is 0.310 e. The number of halogens is 2. The van der Waals surface area contributed by atoms with Gasteiger partial charge in [-0.2, -0.15) is 0 Å². The fourth-order valence-electron chi connectivity index (χ4n) is 1.73. The molecule has 5 heteroatoms. The lowest BCUT2D eigenvalue weighted by Crippen LogP contribution is -2.08. The Bertz CT molecular complexity index is 628. The van der Waals surface area contributed by atoms with Crippen LogP contribution in [0.25, 0.3) is 0 Å². The highest BCUT2D eigenvalue weighted by Crippen LogP contribution is 2.25. The molecule has 1 atom stereocenters. The fourth-order valence-corrected chi connectivity index (χ4v) is 2.00. The quantitative estimate of drug-likeness (QED) is 0.862. The van der Waals surface area contributed by atoms with Crippen LogP contribution in [0, 0.1) is 5.82 Å². The molecule has 1 unspecified atom stereocenters. The van der Waals surface area contributed by atoms with E-state index in [0.29, 0.717) is 11.3 Å². The van der Waals surface area contributed by atoms with Gasteiger partial charge in [0.05, 0.1) is 11.6 Å². The number of carbonyl (C=O) groups is 1. The van der Waals surface area contributed by atoms with Crippen LogP contribution in [0.5, 0.6) is 0 Å². The number of hydrogen-bond acceptors (Lipinski definition) is 2. The van der Waals surface area contributed by atoms with Gasteiger partial charge in [0.2, 0.25) is 0 Å². The molecule has 0 spiro atoms. The van der Waals surface area contributed by atoms with Gasteiger partial charge in [-0.25, -0.2) is 4.39 Å². The van der Waals surface area contributed by atoms with E-state index in [1.807, 2.05) is 24.3 Å². The molecule has 0 amide bonds. The fraction of sp³-hybridized carbons (Fsp3) is 0.133. The number of aliphatic carboxylic acids is 1. The molecule has 3 nitrogen and oxygen atoms in total. The molecular formula is C15H13BrFNO2. The predicted molar refractivity (Wildman–Crippen MR) is 79.9 cm³/mol. The lowest BCUT2D eigenvalue weighted by Gasteiger charge is -2.11. The van der Waals surface area contributed by atoms with E-state index in [1.54, 1.807) is 12.1 Å². The first-order valence-corrected chi connectivity index (χ1v) is 6.81. The van der Waals surface area contributed by atoms with E-state index in [0.717, 1.165) is 10.2 Å². The molecule has 104 valence electrons. The zero-order valence-electron chi connectivity index (χ0n) is 10.7. The smallest absolute Gasteiger partial charge is 0.310 e. The van der Waals surface area contributed by atoms with Crippen molar-refractivity contribution in [1.29, 1.82) is 0 Å². The van der Waals surface area contributed by atoms with Gasteiger partial charge in [-0.05, 0) is 48.9 Å². The lowest BCUT2D eigenvalue weighted by molar-refractivity contribution is -0.138. The van der Waals surface area contributed by atoms with Gasteiger partial charge in [0.15, 0.2) is 0 Å². The minimum absolute atomic E-state index is 0.314. The van der Waals surface area contributed by atoms with Crippen LogP contribution in [0.3, 0.4) is 0 Å². The van der Waals surface area contributed by atoms with Crippen molar-refractivity contribution in [3.8, 4) is 0 Å². The standard InChI is InChI=1S/C15H13BrFNO2/c1-9(15(19)20)10-2-7-14(13(17)8-10)18-12-5-3-11(16)4-6-12/h2-9,18H,1H3,(H,19,20). The molecule has 0 saturated carbocycles. The molecule has 0 aromatic heterocycles. The number of anilines is 2. The number of rotatable bonds is 4. The maximum absolute atomic E-state index is 14.0. The summed E-state index contributed by atoms with van der Waals surface area (Å²) in [6.07, 6.45) is 0. The molecule has 20 heavy (non-hydrogen) atoms. The van der Waals surface area contributed by atoms with E-state index in [2.05, 4.69) is 21.2 Å². The van der Waals surface area contributed by atoms with Gasteiger partial charge < -0.3 is 10.4 Å². The first-order chi connectivity index (χ1) is 9.47. The Kier molecular flexibility index (Phi) is 4.39. The molecule has 0 radical (unpaired) electrons. The summed E-state index contributed by atoms with van der Waals surface area (Å²) in [4.78, 5) is 10.9. The van der Waals surface area contributed by atoms with Crippen molar-refractivity contribution in [1.82, 2.24) is 0 Å². The summed E-state index contributed by atoms with van der Waals surface area (Å²) < 4.78 is 14.9. The van der Waals surface area contributed by atoms with Gasteiger partial charge in [0.1, 0.15) is 5.82 Å². The van der Waals surface area contributed by atoms with Crippen molar-refractivity contribution in [2.75, 3.05) is 5.32 Å². The van der Waals surface area contributed by atoms with Crippen LogP contribution >= 0.6 is 15.9 Å². The Labute approximate surface area is 124 Å². The average Bonchev–Trinajstić information content (AvgIpc) is 2.42. The van der Waals surface area contributed by atoms with Gasteiger partial charge in [0, 0.05) is 10.2 Å². The monoisotopic (exact) mass is 337 g/mol. The third kappa shape index (κ3) is 3.36. The van der Waals surface area contributed by atoms with Crippen molar-refractivity contribution in [2.24, 2.45) is 0 Å². The second-order valence-corrected chi connectivity index (χ2v) is 5.35. The Morgan fingerprint density at radius 1 is 1.25 bits per heavy atom. The number of carboxylic acid groups (broad SMARTS) is 1. The van der Waals surface area contributed by atoms with Crippen LogP contribution in [0.1, 0.15) is 18.4 Å². The molecule has 0 heterocycles. The molecule has 0 aliphatic rings. The minimum Gasteiger partial charge on any atom is -0.481 e. The van der Waals surface area contributed by atoms with Crippen LogP contribution < -0.4 is 5.32 Å². The van der Waals surface area contributed by atoms with E-state index in [4.69, 9.17) is 5.11 Å². The summed E-state index contributed by atoms with van der Waals surface area (Å²) in [5.41, 5.74) is 1.51. The third-order valence-corrected chi connectivity index (χ3v) is 3.52. The Morgan fingerprint density at radius 3 is 2.45 bits per heavy atom. The van der Waals surface area contributed by atoms with Crippen molar-refractivity contribution < 1.29 is 14.3 Å². The molecule has 2 rings (SSSR count). The second kappa shape index (κ2) is 6.05. The Balaban J connectivity index is 2.21. The van der Waals surface area contributed by atoms with Crippen LogP contribution in [0.15, 0.2) is 46.9 Å². The summed E-state index contributed by atoms with van der Waals surface area (Å²) >= 11 is 3.33. The summed E-state index contributed by atoms with van der Waals surface area (Å²) in [6.45, 7) is 1.53. The number of benzene rings is 2. The molecule has 0 aliphatic heterocycles. The second-order valence-electron chi connectivity index (χ2n) is 4.43. The van der Waals surface area contributed by atoms with Gasteiger partial charge >= 0.3 is 5.97 Å². The Morgan fingerprint density at radius 2 is 1.90 bits per heavy atom. The molecule has 0 aliphatic carbocycles. The number of nitrogens with one attached hydrogen (secondary N) is 1. The molecule has 0 fully saturated rings. The van der Waals surface area contributed by atoms with E-state index >= 15 is 0 Å². The SMILES string of the molecule is CC(C(=O)O)c1ccc(Nc2ccc(Br)cc2)c(F)c1. The van der Waals surface area contributed by atoms with Crippen molar-refractivity contribution in [3.63, 3.8) is 0 Å². The summed E-state index contributed by atoms with van der Waals surface area (Å²) in [5.74, 6) is -2.18. The summed E-state index contributed by atoms with van der Waals surface area (Å²) in [6, 6.07) is 11.7. The van der Waals surface area contributed by atoms with Crippen LogP contribution in [-0.4, -0.2) is 11.1 Å². The van der Waals surface area contributed by atoms with Crippen molar-refractivity contribution in [3.05, 3.63) is 58.3 Å². The van der Waals surface area contributed by atoms with Gasteiger partial charge in [-0.3, -0.25) is 4.79 Å². The molecule has 2 N–H and O–H groups in total.